The van der Waals surface area contributed by atoms with E-state index in [0.717, 1.165) is 45.4 Å². The van der Waals surface area contributed by atoms with E-state index in [4.69, 9.17) is 19.5 Å². The van der Waals surface area contributed by atoms with E-state index < -0.39 is 0 Å². The number of thiazole rings is 1. The summed E-state index contributed by atoms with van der Waals surface area (Å²) in [6, 6.07) is 14.3. The Kier molecular flexibility index (Phi) is 3.74. The van der Waals surface area contributed by atoms with Gasteiger partial charge in [0.15, 0.2) is 11.5 Å². The molecule has 2 aromatic heterocycles. The van der Waals surface area contributed by atoms with Crippen LogP contribution in [0.15, 0.2) is 47.5 Å². The standard InChI is InChI=1S/C22H16N2O2S2/c1-2-6-19-15(5-1)24-22(28-19)20-14-4-3-7-18(14)27-21(20)23-11-13-8-9-16-17(10-13)26-12-25-16/h1-2,5-6,8-11H,3-4,7,12H2/b23-11+. The van der Waals surface area contributed by atoms with Crippen molar-refractivity contribution < 1.29 is 9.47 Å². The van der Waals surface area contributed by atoms with Gasteiger partial charge in [-0.05, 0) is 60.7 Å². The zero-order valence-electron chi connectivity index (χ0n) is 15.0. The number of nitrogens with zero attached hydrogens (tertiary/aromatic N) is 2. The fourth-order valence-electron chi connectivity index (χ4n) is 3.81. The summed E-state index contributed by atoms with van der Waals surface area (Å²) < 4.78 is 12.1. The Bertz CT molecular complexity index is 1210. The summed E-state index contributed by atoms with van der Waals surface area (Å²) in [6.45, 7) is 0.287. The van der Waals surface area contributed by atoms with Gasteiger partial charge in [0.05, 0.1) is 15.8 Å². The summed E-state index contributed by atoms with van der Waals surface area (Å²) in [7, 11) is 0. The number of hydrogen-bond acceptors (Lipinski definition) is 6. The normalized spacial score (nSPS) is 15.0. The van der Waals surface area contributed by atoms with Crippen LogP contribution in [0.1, 0.15) is 22.4 Å². The lowest BCUT2D eigenvalue weighted by atomic mass is 10.1. The Hall–Kier alpha value is -2.70. The summed E-state index contributed by atoms with van der Waals surface area (Å²) in [6.07, 6.45) is 5.42. The van der Waals surface area contributed by atoms with E-state index in [1.54, 1.807) is 11.3 Å². The van der Waals surface area contributed by atoms with Crippen molar-refractivity contribution in [1.82, 2.24) is 4.98 Å². The molecular weight excluding hydrogens is 388 g/mol. The van der Waals surface area contributed by atoms with Gasteiger partial charge in [-0.1, -0.05) is 12.1 Å². The van der Waals surface area contributed by atoms with Gasteiger partial charge in [0.1, 0.15) is 10.0 Å². The zero-order valence-corrected chi connectivity index (χ0v) is 16.6. The molecule has 1 aliphatic carbocycles. The fraction of sp³-hybridized carbons (Fsp3) is 0.182. The number of aryl methyl sites for hydroxylation is 1. The average molecular weight is 405 g/mol. The van der Waals surface area contributed by atoms with Crippen LogP contribution in [0.3, 0.4) is 0 Å². The molecular formula is C22H16N2O2S2. The first-order valence-electron chi connectivity index (χ1n) is 9.29. The first-order chi connectivity index (χ1) is 13.8. The number of aromatic nitrogens is 1. The first-order valence-corrected chi connectivity index (χ1v) is 10.9. The summed E-state index contributed by atoms with van der Waals surface area (Å²) in [5.74, 6) is 1.58. The lowest BCUT2D eigenvalue weighted by Gasteiger charge is -2.00. The minimum absolute atomic E-state index is 0.287. The van der Waals surface area contributed by atoms with Crippen LogP contribution in [0.5, 0.6) is 11.5 Å². The Morgan fingerprint density at radius 2 is 1.93 bits per heavy atom. The highest BCUT2D eigenvalue weighted by molar-refractivity contribution is 7.22. The van der Waals surface area contributed by atoms with Gasteiger partial charge in [-0.3, -0.25) is 0 Å². The second-order valence-corrected chi connectivity index (χ2v) is 9.01. The van der Waals surface area contributed by atoms with E-state index in [1.807, 2.05) is 41.8 Å². The van der Waals surface area contributed by atoms with Gasteiger partial charge in [0, 0.05) is 11.1 Å². The molecule has 0 N–H and O–H groups in total. The zero-order chi connectivity index (χ0) is 18.5. The topological polar surface area (TPSA) is 43.7 Å². The summed E-state index contributed by atoms with van der Waals surface area (Å²) in [5.41, 5.74) is 4.75. The van der Waals surface area contributed by atoms with Crippen molar-refractivity contribution in [3.8, 4) is 22.1 Å². The smallest absolute Gasteiger partial charge is 0.231 e. The van der Waals surface area contributed by atoms with E-state index in [9.17, 15) is 0 Å². The molecule has 3 heterocycles. The molecule has 28 heavy (non-hydrogen) atoms. The number of ether oxygens (including phenoxy) is 2. The molecule has 2 aliphatic rings. The maximum absolute atomic E-state index is 5.48. The highest BCUT2D eigenvalue weighted by Gasteiger charge is 2.25. The number of hydrogen-bond donors (Lipinski definition) is 0. The molecule has 0 atom stereocenters. The molecule has 6 heteroatoms. The van der Waals surface area contributed by atoms with Crippen LogP contribution in [0.4, 0.5) is 5.00 Å². The third kappa shape index (κ3) is 2.64. The van der Waals surface area contributed by atoms with Crippen LogP contribution in [0, 0.1) is 0 Å². The SMILES string of the molecule is C(=N\c1sc2c(c1-c1nc3ccccc3s1)CCC2)/c1ccc2c(c1)OCO2. The van der Waals surface area contributed by atoms with Crippen LogP contribution < -0.4 is 9.47 Å². The van der Waals surface area contributed by atoms with Crippen molar-refractivity contribution in [3.05, 3.63) is 58.5 Å². The number of fused-ring (bicyclic) bond motifs is 3. The molecule has 0 amide bonds. The van der Waals surface area contributed by atoms with Gasteiger partial charge in [-0.2, -0.15) is 0 Å². The van der Waals surface area contributed by atoms with Gasteiger partial charge in [0.2, 0.25) is 6.79 Å². The third-order valence-electron chi connectivity index (χ3n) is 5.14. The summed E-state index contributed by atoms with van der Waals surface area (Å²) >= 11 is 3.57. The number of benzene rings is 2. The van der Waals surface area contributed by atoms with Gasteiger partial charge in [-0.25, -0.2) is 9.98 Å². The van der Waals surface area contributed by atoms with Crippen molar-refractivity contribution >= 4 is 44.1 Å². The summed E-state index contributed by atoms with van der Waals surface area (Å²) in [5, 5.41) is 2.14. The van der Waals surface area contributed by atoms with Crippen molar-refractivity contribution in [2.24, 2.45) is 4.99 Å². The van der Waals surface area contributed by atoms with E-state index in [-0.39, 0.29) is 6.79 Å². The first kappa shape index (κ1) is 16.3. The lowest BCUT2D eigenvalue weighted by Crippen LogP contribution is -1.92. The van der Waals surface area contributed by atoms with E-state index in [0.29, 0.717) is 0 Å². The Morgan fingerprint density at radius 3 is 2.89 bits per heavy atom. The van der Waals surface area contributed by atoms with Crippen LogP contribution in [0.2, 0.25) is 0 Å². The fourth-order valence-corrected chi connectivity index (χ4v) is 6.15. The molecule has 0 radical (unpaired) electrons. The second-order valence-electron chi connectivity index (χ2n) is 6.90. The van der Waals surface area contributed by atoms with Crippen LogP contribution >= 0.6 is 22.7 Å². The highest BCUT2D eigenvalue weighted by atomic mass is 32.1. The van der Waals surface area contributed by atoms with Crippen molar-refractivity contribution in [3.63, 3.8) is 0 Å². The maximum Gasteiger partial charge on any atom is 0.231 e. The number of thiophene rings is 1. The molecule has 1 aliphatic heterocycles. The molecule has 6 rings (SSSR count). The van der Waals surface area contributed by atoms with Crippen LogP contribution in [-0.4, -0.2) is 18.0 Å². The largest absolute Gasteiger partial charge is 0.454 e. The minimum Gasteiger partial charge on any atom is -0.454 e. The molecule has 4 nitrogen and oxygen atoms in total. The second kappa shape index (κ2) is 6.43. The number of para-hydroxylation sites is 1. The molecule has 0 saturated heterocycles. The lowest BCUT2D eigenvalue weighted by molar-refractivity contribution is 0.174. The molecule has 2 aromatic carbocycles. The predicted molar refractivity (Wildman–Crippen MR) is 115 cm³/mol. The van der Waals surface area contributed by atoms with Gasteiger partial charge < -0.3 is 9.47 Å². The van der Waals surface area contributed by atoms with Crippen molar-refractivity contribution in [1.29, 1.82) is 0 Å². The summed E-state index contributed by atoms with van der Waals surface area (Å²) in [4.78, 5) is 11.3. The molecule has 138 valence electrons. The highest BCUT2D eigenvalue weighted by Crippen LogP contribution is 2.48. The number of rotatable bonds is 3. The quantitative estimate of drug-likeness (QED) is 0.394. The maximum atomic E-state index is 5.48. The molecule has 0 unspecified atom stereocenters. The van der Waals surface area contributed by atoms with Crippen LogP contribution in [0.25, 0.3) is 20.8 Å². The monoisotopic (exact) mass is 404 g/mol. The average Bonchev–Trinajstić information content (AvgIpc) is 3.47. The molecule has 4 aromatic rings. The van der Waals surface area contributed by atoms with Crippen molar-refractivity contribution in [2.45, 2.75) is 19.3 Å². The predicted octanol–water partition coefficient (Wildman–Crippen LogP) is 5.99. The van der Waals surface area contributed by atoms with Gasteiger partial charge in [-0.15, -0.1) is 22.7 Å². The molecule has 0 bridgehead atoms. The number of aliphatic imine (C=N–C) groups is 1. The van der Waals surface area contributed by atoms with E-state index in [2.05, 4.69) is 18.2 Å². The molecule has 0 spiro atoms. The Labute approximate surface area is 170 Å². The van der Waals surface area contributed by atoms with Crippen LogP contribution in [-0.2, 0) is 12.8 Å². The molecule has 0 fully saturated rings. The molecule has 0 saturated carbocycles. The van der Waals surface area contributed by atoms with E-state index >= 15 is 0 Å². The minimum atomic E-state index is 0.287. The Morgan fingerprint density at radius 1 is 1.00 bits per heavy atom. The van der Waals surface area contributed by atoms with E-state index in [1.165, 1.54) is 27.1 Å². The third-order valence-corrected chi connectivity index (χ3v) is 7.39. The Balaban J connectivity index is 1.43. The van der Waals surface area contributed by atoms with Crippen molar-refractivity contribution in [2.75, 3.05) is 6.79 Å². The van der Waals surface area contributed by atoms with Gasteiger partial charge >= 0.3 is 0 Å². The van der Waals surface area contributed by atoms with Gasteiger partial charge in [0.25, 0.3) is 0 Å².